The maximum absolute atomic E-state index is 9.29. The third-order valence-electron chi connectivity index (χ3n) is 3.75. The number of nitrogens with zero attached hydrogens (tertiary/aromatic N) is 3. The van der Waals surface area contributed by atoms with Gasteiger partial charge in [-0.15, -0.1) is 0 Å². The number of aromatic nitrogens is 2. The normalized spacial score (nSPS) is 17.5. The number of hydrogen-bond donors (Lipinski definition) is 0. The van der Waals surface area contributed by atoms with Crippen LogP contribution in [0.3, 0.4) is 0 Å². The molecule has 0 amide bonds. The van der Waals surface area contributed by atoms with E-state index in [4.69, 9.17) is 11.6 Å². The first-order chi connectivity index (χ1) is 8.15. The Morgan fingerprint density at radius 3 is 2.59 bits per heavy atom. The minimum absolute atomic E-state index is 0.179. The number of hydrogen-bond acceptors (Lipinski definition) is 2. The van der Waals surface area contributed by atoms with Crippen molar-refractivity contribution in [3.8, 4) is 6.07 Å². The molecule has 0 aromatic carbocycles. The van der Waals surface area contributed by atoms with Gasteiger partial charge in [-0.3, -0.25) is 4.68 Å². The SMILES string of the molecule is CCc1nn(CC)c(CC2(C#N)CCC2)c1Cl. The van der Waals surface area contributed by atoms with Crippen LogP contribution in [-0.2, 0) is 19.4 Å². The standard InChI is InChI=1S/C13H18ClN3/c1-3-10-12(14)11(17(4-2)16-10)8-13(9-15)6-5-7-13/h3-8H2,1-2H3. The highest BCUT2D eigenvalue weighted by Gasteiger charge is 2.39. The molecular formula is C13H18ClN3. The zero-order valence-electron chi connectivity index (χ0n) is 10.5. The summed E-state index contributed by atoms with van der Waals surface area (Å²) in [5, 5.41) is 14.6. The predicted molar refractivity (Wildman–Crippen MR) is 67.9 cm³/mol. The Morgan fingerprint density at radius 1 is 1.47 bits per heavy atom. The summed E-state index contributed by atoms with van der Waals surface area (Å²) in [6.07, 6.45) is 4.75. The minimum Gasteiger partial charge on any atom is -0.268 e. The lowest BCUT2D eigenvalue weighted by atomic mass is 9.67. The lowest BCUT2D eigenvalue weighted by molar-refractivity contribution is 0.209. The topological polar surface area (TPSA) is 41.6 Å². The molecule has 0 spiro atoms. The van der Waals surface area contributed by atoms with E-state index < -0.39 is 0 Å². The van der Waals surface area contributed by atoms with Crippen LogP contribution in [0.5, 0.6) is 0 Å². The highest BCUT2D eigenvalue weighted by molar-refractivity contribution is 6.31. The Balaban J connectivity index is 2.31. The van der Waals surface area contributed by atoms with Gasteiger partial charge in [0.25, 0.3) is 0 Å². The van der Waals surface area contributed by atoms with Crippen molar-refractivity contribution in [3.63, 3.8) is 0 Å². The molecule has 1 aromatic heterocycles. The zero-order valence-corrected chi connectivity index (χ0v) is 11.2. The smallest absolute Gasteiger partial charge is 0.0850 e. The van der Waals surface area contributed by atoms with Gasteiger partial charge in [0.1, 0.15) is 0 Å². The van der Waals surface area contributed by atoms with Crippen LogP contribution < -0.4 is 0 Å². The Hall–Kier alpha value is -1.01. The summed E-state index contributed by atoms with van der Waals surface area (Å²) in [7, 11) is 0. The lowest BCUT2D eigenvalue weighted by Gasteiger charge is -2.35. The summed E-state index contributed by atoms with van der Waals surface area (Å²) < 4.78 is 1.96. The van der Waals surface area contributed by atoms with Crippen molar-refractivity contribution in [2.24, 2.45) is 5.41 Å². The van der Waals surface area contributed by atoms with E-state index >= 15 is 0 Å². The predicted octanol–water partition coefficient (Wildman–Crippen LogP) is 3.36. The molecule has 0 N–H and O–H groups in total. The number of nitriles is 1. The molecule has 1 aliphatic rings. The van der Waals surface area contributed by atoms with Crippen LogP contribution >= 0.6 is 11.6 Å². The average Bonchev–Trinajstić information content (AvgIpc) is 2.60. The van der Waals surface area contributed by atoms with Crippen molar-refractivity contribution in [2.75, 3.05) is 0 Å². The van der Waals surface area contributed by atoms with E-state index in [2.05, 4.69) is 25.0 Å². The fraction of sp³-hybridized carbons (Fsp3) is 0.692. The molecular weight excluding hydrogens is 234 g/mol. The van der Waals surface area contributed by atoms with Crippen molar-refractivity contribution in [1.29, 1.82) is 5.26 Å². The maximum atomic E-state index is 9.29. The highest BCUT2D eigenvalue weighted by Crippen LogP contribution is 2.44. The van der Waals surface area contributed by atoms with Crippen molar-refractivity contribution in [3.05, 3.63) is 16.4 Å². The molecule has 0 saturated heterocycles. The van der Waals surface area contributed by atoms with Crippen molar-refractivity contribution >= 4 is 11.6 Å². The minimum atomic E-state index is -0.179. The van der Waals surface area contributed by atoms with Crippen LogP contribution in [0.1, 0.15) is 44.5 Å². The summed E-state index contributed by atoms with van der Waals surface area (Å²) >= 11 is 6.36. The Labute approximate surface area is 107 Å². The van der Waals surface area contributed by atoms with E-state index in [-0.39, 0.29) is 5.41 Å². The second-order valence-corrected chi connectivity index (χ2v) is 5.18. The molecule has 0 aliphatic heterocycles. The summed E-state index contributed by atoms with van der Waals surface area (Å²) in [6, 6.07) is 2.47. The Morgan fingerprint density at radius 2 is 2.18 bits per heavy atom. The van der Waals surface area contributed by atoms with Gasteiger partial charge in [-0.25, -0.2) is 0 Å². The largest absolute Gasteiger partial charge is 0.268 e. The van der Waals surface area contributed by atoms with Gasteiger partial charge >= 0.3 is 0 Å². The molecule has 2 rings (SSSR count). The summed E-state index contributed by atoms with van der Waals surface area (Å²) in [5.41, 5.74) is 1.82. The van der Waals surface area contributed by atoms with Crippen LogP contribution in [0, 0.1) is 16.7 Å². The maximum Gasteiger partial charge on any atom is 0.0850 e. The molecule has 1 heterocycles. The monoisotopic (exact) mass is 251 g/mol. The van der Waals surface area contributed by atoms with Crippen molar-refractivity contribution in [1.82, 2.24) is 9.78 Å². The quantitative estimate of drug-likeness (QED) is 0.824. The molecule has 0 bridgehead atoms. The molecule has 0 radical (unpaired) electrons. The molecule has 92 valence electrons. The van der Waals surface area contributed by atoms with Crippen LogP contribution in [0.2, 0.25) is 5.02 Å². The average molecular weight is 252 g/mol. The third kappa shape index (κ3) is 2.07. The van der Waals surface area contributed by atoms with Crippen LogP contribution in [-0.4, -0.2) is 9.78 Å². The number of halogens is 1. The van der Waals surface area contributed by atoms with E-state index in [9.17, 15) is 5.26 Å². The van der Waals surface area contributed by atoms with Gasteiger partial charge in [0, 0.05) is 13.0 Å². The molecule has 3 nitrogen and oxygen atoms in total. The third-order valence-corrected chi connectivity index (χ3v) is 4.18. The van der Waals surface area contributed by atoms with Crippen molar-refractivity contribution in [2.45, 2.75) is 52.5 Å². The first-order valence-corrected chi connectivity index (χ1v) is 6.69. The fourth-order valence-electron chi connectivity index (χ4n) is 2.44. The van der Waals surface area contributed by atoms with Gasteiger partial charge in [0.2, 0.25) is 0 Å². The van der Waals surface area contributed by atoms with E-state index in [1.54, 1.807) is 0 Å². The highest BCUT2D eigenvalue weighted by atomic mass is 35.5. The molecule has 1 saturated carbocycles. The molecule has 1 fully saturated rings. The number of rotatable bonds is 4. The summed E-state index contributed by atoms with van der Waals surface area (Å²) in [4.78, 5) is 0. The first-order valence-electron chi connectivity index (χ1n) is 6.31. The molecule has 1 aromatic rings. The van der Waals surface area contributed by atoms with E-state index in [1.807, 2.05) is 4.68 Å². The molecule has 4 heteroatoms. The van der Waals surface area contributed by atoms with E-state index in [1.165, 1.54) is 0 Å². The summed E-state index contributed by atoms with van der Waals surface area (Å²) in [6.45, 7) is 4.93. The van der Waals surface area contributed by atoms with Gasteiger partial charge in [-0.1, -0.05) is 24.9 Å². The van der Waals surface area contributed by atoms with Crippen LogP contribution in [0.15, 0.2) is 0 Å². The molecule has 0 unspecified atom stereocenters. The Kier molecular flexibility index (Phi) is 3.44. The van der Waals surface area contributed by atoms with Crippen LogP contribution in [0.25, 0.3) is 0 Å². The van der Waals surface area contributed by atoms with E-state index in [0.717, 1.165) is 55.1 Å². The van der Waals surface area contributed by atoms with Gasteiger partial charge < -0.3 is 0 Å². The van der Waals surface area contributed by atoms with Gasteiger partial charge in [0.05, 0.1) is 27.9 Å². The number of aryl methyl sites for hydroxylation is 2. The second kappa shape index (κ2) is 4.70. The lowest BCUT2D eigenvalue weighted by Crippen LogP contribution is -2.31. The molecule has 0 atom stereocenters. The first kappa shape index (κ1) is 12.4. The Bertz CT molecular complexity index is 452. The second-order valence-electron chi connectivity index (χ2n) is 4.80. The van der Waals surface area contributed by atoms with E-state index in [0.29, 0.717) is 0 Å². The fourth-order valence-corrected chi connectivity index (χ4v) is 2.77. The zero-order chi connectivity index (χ0) is 12.5. The van der Waals surface area contributed by atoms with Crippen molar-refractivity contribution < 1.29 is 0 Å². The molecule has 1 aliphatic carbocycles. The van der Waals surface area contributed by atoms with Gasteiger partial charge in [-0.2, -0.15) is 10.4 Å². The van der Waals surface area contributed by atoms with Gasteiger partial charge in [-0.05, 0) is 26.2 Å². The van der Waals surface area contributed by atoms with Crippen LogP contribution in [0.4, 0.5) is 0 Å². The summed E-state index contributed by atoms with van der Waals surface area (Å²) in [5.74, 6) is 0. The molecule has 17 heavy (non-hydrogen) atoms. The van der Waals surface area contributed by atoms with Gasteiger partial charge in [0.15, 0.2) is 0 Å².